The number of alkyl halides is 3. The van der Waals surface area contributed by atoms with Crippen LogP contribution in [-0.2, 0) is 6.54 Å². The number of nitriles is 1. The van der Waals surface area contributed by atoms with Crippen LogP contribution < -0.4 is 0 Å². The van der Waals surface area contributed by atoms with E-state index in [0.717, 1.165) is 4.57 Å². The second-order valence-corrected chi connectivity index (χ2v) is 4.17. The number of nitrogens with zero attached hydrogens (tertiary/aromatic N) is 2. The fourth-order valence-electron chi connectivity index (χ4n) is 2.07. The Morgan fingerprint density at radius 2 is 2.11 bits per heavy atom. The predicted octanol–water partition coefficient (Wildman–Crippen LogP) is 3.20. The highest BCUT2D eigenvalue weighted by Gasteiger charge is 2.30. The van der Waals surface area contributed by atoms with Crippen LogP contribution in [0.2, 0.25) is 0 Å². The van der Waals surface area contributed by atoms with Crippen LogP contribution in [0.3, 0.4) is 0 Å². The van der Waals surface area contributed by atoms with Crippen molar-refractivity contribution in [2.24, 2.45) is 0 Å². The Bertz CT molecular complexity index is 692. The van der Waals surface area contributed by atoms with E-state index in [2.05, 4.69) is 0 Å². The normalized spacial score (nSPS) is 11.5. The summed E-state index contributed by atoms with van der Waals surface area (Å²) in [7, 11) is 0. The number of aldehydes is 1. The number of rotatable bonds is 2. The summed E-state index contributed by atoms with van der Waals surface area (Å²) in [4.78, 5) is 10.9. The summed E-state index contributed by atoms with van der Waals surface area (Å²) in [5.74, 6) is 0. The highest BCUT2D eigenvalue weighted by molar-refractivity contribution is 5.92. The van der Waals surface area contributed by atoms with Gasteiger partial charge in [-0.05, 0) is 30.7 Å². The molecule has 0 N–H and O–H groups in total. The summed E-state index contributed by atoms with van der Waals surface area (Å²) in [5.41, 5.74) is 1.21. The lowest BCUT2D eigenvalue weighted by atomic mass is 10.1. The van der Waals surface area contributed by atoms with Crippen LogP contribution in [0, 0.1) is 18.3 Å². The lowest BCUT2D eigenvalue weighted by molar-refractivity contribution is -0.140. The first-order valence-corrected chi connectivity index (χ1v) is 5.42. The molecular weight excluding hydrogens is 257 g/mol. The number of hydrogen-bond acceptors (Lipinski definition) is 2. The summed E-state index contributed by atoms with van der Waals surface area (Å²) < 4.78 is 38.5. The topological polar surface area (TPSA) is 45.8 Å². The van der Waals surface area contributed by atoms with Gasteiger partial charge in [0.25, 0.3) is 0 Å². The van der Waals surface area contributed by atoms with Crippen LogP contribution >= 0.6 is 0 Å². The van der Waals surface area contributed by atoms with Crippen molar-refractivity contribution in [1.29, 1.82) is 5.26 Å². The minimum atomic E-state index is -4.41. The number of halogens is 3. The number of aromatic nitrogens is 1. The molecule has 2 aromatic rings. The summed E-state index contributed by atoms with van der Waals surface area (Å²) in [6, 6.07) is 6.23. The van der Waals surface area contributed by atoms with Gasteiger partial charge in [0.05, 0.1) is 17.3 Å². The molecule has 0 bridgehead atoms. The molecule has 98 valence electrons. The van der Waals surface area contributed by atoms with Crippen molar-refractivity contribution in [3.63, 3.8) is 0 Å². The molecule has 1 aromatic carbocycles. The molecule has 2 rings (SSSR count). The Morgan fingerprint density at radius 1 is 1.42 bits per heavy atom. The Labute approximate surface area is 106 Å². The van der Waals surface area contributed by atoms with Gasteiger partial charge in [0.15, 0.2) is 6.29 Å². The van der Waals surface area contributed by atoms with Gasteiger partial charge in [-0.2, -0.15) is 18.4 Å². The molecule has 0 spiro atoms. The Balaban J connectivity index is 2.73. The van der Waals surface area contributed by atoms with E-state index in [1.807, 2.05) is 6.07 Å². The molecule has 0 radical (unpaired) electrons. The first-order valence-electron chi connectivity index (χ1n) is 5.42. The van der Waals surface area contributed by atoms with Crippen molar-refractivity contribution in [2.45, 2.75) is 19.6 Å². The van der Waals surface area contributed by atoms with E-state index in [9.17, 15) is 18.0 Å². The third-order valence-corrected chi connectivity index (χ3v) is 2.97. The van der Waals surface area contributed by atoms with Gasteiger partial charge >= 0.3 is 6.18 Å². The van der Waals surface area contributed by atoms with Crippen molar-refractivity contribution in [3.05, 3.63) is 35.0 Å². The maximum absolute atomic E-state index is 12.5. The van der Waals surface area contributed by atoms with Gasteiger partial charge in [-0.1, -0.05) is 0 Å². The fourth-order valence-corrected chi connectivity index (χ4v) is 2.07. The molecule has 19 heavy (non-hydrogen) atoms. The van der Waals surface area contributed by atoms with E-state index in [1.165, 1.54) is 18.2 Å². The lowest BCUT2D eigenvalue weighted by Crippen LogP contribution is -2.19. The molecule has 1 heterocycles. The predicted molar refractivity (Wildman–Crippen MR) is 62.8 cm³/mol. The maximum atomic E-state index is 12.5. The fraction of sp³-hybridized carbons (Fsp3) is 0.231. The molecule has 0 amide bonds. The average molecular weight is 266 g/mol. The summed E-state index contributed by atoms with van der Waals surface area (Å²) >= 11 is 0. The molecule has 3 nitrogen and oxygen atoms in total. The number of aryl methyl sites for hydroxylation is 1. The van der Waals surface area contributed by atoms with Crippen molar-refractivity contribution in [3.8, 4) is 6.07 Å². The second-order valence-electron chi connectivity index (χ2n) is 4.17. The number of fused-ring (bicyclic) bond motifs is 1. The quantitative estimate of drug-likeness (QED) is 0.783. The van der Waals surface area contributed by atoms with Crippen molar-refractivity contribution in [2.75, 3.05) is 0 Å². The minimum Gasteiger partial charge on any atom is -0.329 e. The zero-order valence-corrected chi connectivity index (χ0v) is 9.95. The van der Waals surface area contributed by atoms with Crippen LogP contribution in [0.25, 0.3) is 10.9 Å². The SMILES string of the molecule is Cc1c(C#N)ccc2c1cc(C=O)n2CC(F)(F)F. The van der Waals surface area contributed by atoms with E-state index in [-0.39, 0.29) is 5.69 Å². The van der Waals surface area contributed by atoms with E-state index >= 15 is 0 Å². The standard InChI is InChI=1S/C13H9F3N2O/c1-8-9(5-17)2-3-12-11(8)4-10(6-19)18(12)7-13(14,15)16/h2-4,6H,7H2,1H3. The molecular formula is C13H9F3N2O. The largest absolute Gasteiger partial charge is 0.406 e. The number of carbonyl (C=O) groups excluding carboxylic acids is 1. The summed E-state index contributed by atoms with van der Waals surface area (Å²) in [6.07, 6.45) is -4.03. The third-order valence-electron chi connectivity index (χ3n) is 2.97. The van der Waals surface area contributed by atoms with Crippen molar-refractivity contribution >= 4 is 17.2 Å². The Kier molecular flexibility index (Phi) is 3.06. The highest BCUT2D eigenvalue weighted by atomic mass is 19.4. The van der Waals surface area contributed by atoms with Crippen LogP contribution in [0.1, 0.15) is 21.6 Å². The zero-order chi connectivity index (χ0) is 14.2. The van der Waals surface area contributed by atoms with Gasteiger partial charge in [0.1, 0.15) is 6.54 Å². The first-order chi connectivity index (χ1) is 8.87. The van der Waals surface area contributed by atoms with Crippen LogP contribution in [-0.4, -0.2) is 17.0 Å². The molecule has 0 unspecified atom stereocenters. The molecule has 0 saturated heterocycles. The van der Waals surface area contributed by atoms with Gasteiger partial charge in [-0.3, -0.25) is 4.79 Å². The van der Waals surface area contributed by atoms with Crippen molar-refractivity contribution in [1.82, 2.24) is 4.57 Å². The molecule has 0 saturated carbocycles. The molecule has 0 atom stereocenters. The minimum absolute atomic E-state index is 0.0504. The van der Waals surface area contributed by atoms with E-state index < -0.39 is 12.7 Å². The molecule has 0 aliphatic heterocycles. The first kappa shape index (κ1) is 13.1. The number of carbonyl (C=O) groups is 1. The van der Waals surface area contributed by atoms with E-state index in [0.29, 0.717) is 28.3 Å². The monoisotopic (exact) mass is 266 g/mol. The van der Waals surface area contributed by atoms with Gasteiger partial charge in [-0.15, -0.1) is 0 Å². The Hall–Kier alpha value is -2.29. The van der Waals surface area contributed by atoms with E-state index in [1.54, 1.807) is 6.92 Å². The van der Waals surface area contributed by atoms with Crippen LogP contribution in [0.15, 0.2) is 18.2 Å². The maximum Gasteiger partial charge on any atom is 0.406 e. The van der Waals surface area contributed by atoms with Gasteiger partial charge in [-0.25, -0.2) is 0 Å². The van der Waals surface area contributed by atoms with Gasteiger partial charge < -0.3 is 4.57 Å². The smallest absolute Gasteiger partial charge is 0.329 e. The van der Waals surface area contributed by atoms with Gasteiger partial charge in [0.2, 0.25) is 0 Å². The molecule has 6 heteroatoms. The third kappa shape index (κ3) is 2.32. The highest BCUT2D eigenvalue weighted by Crippen LogP contribution is 2.28. The number of hydrogen-bond donors (Lipinski definition) is 0. The summed E-state index contributed by atoms with van der Waals surface area (Å²) in [5, 5.41) is 9.38. The lowest BCUT2D eigenvalue weighted by Gasteiger charge is -2.11. The van der Waals surface area contributed by atoms with E-state index in [4.69, 9.17) is 5.26 Å². The number of benzene rings is 1. The van der Waals surface area contributed by atoms with Crippen LogP contribution in [0.4, 0.5) is 13.2 Å². The van der Waals surface area contributed by atoms with Crippen molar-refractivity contribution < 1.29 is 18.0 Å². The summed E-state index contributed by atoms with van der Waals surface area (Å²) in [6.45, 7) is 0.420. The van der Waals surface area contributed by atoms with Gasteiger partial charge in [0, 0.05) is 10.9 Å². The zero-order valence-electron chi connectivity index (χ0n) is 9.95. The molecule has 0 aliphatic rings. The Morgan fingerprint density at radius 3 is 2.63 bits per heavy atom. The molecule has 1 aromatic heterocycles. The molecule has 0 fully saturated rings. The molecule has 0 aliphatic carbocycles. The average Bonchev–Trinajstić information content (AvgIpc) is 2.67. The van der Waals surface area contributed by atoms with Crippen LogP contribution in [0.5, 0.6) is 0 Å². The second kappa shape index (κ2) is 4.43.